The lowest BCUT2D eigenvalue weighted by atomic mass is 10.1. The van der Waals surface area contributed by atoms with E-state index in [0.717, 1.165) is 0 Å². The maximum atomic E-state index is 12.4. The van der Waals surface area contributed by atoms with Crippen LogP contribution in [0.5, 0.6) is 11.5 Å². The first-order valence-electron chi connectivity index (χ1n) is 9.67. The normalized spacial score (nSPS) is 14.4. The van der Waals surface area contributed by atoms with E-state index in [9.17, 15) is 19.2 Å². The number of carbonyl (C=O) groups excluding carboxylic acids is 2. The third kappa shape index (κ3) is 5.80. The zero-order chi connectivity index (χ0) is 24.1. The first-order chi connectivity index (χ1) is 15.7. The Morgan fingerprint density at radius 2 is 1.91 bits per heavy atom. The van der Waals surface area contributed by atoms with Crippen molar-refractivity contribution in [2.45, 2.75) is 13.5 Å². The number of aromatic carboxylic acids is 1. The maximum absolute atomic E-state index is 12.4. The van der Waals surface area contributed by atoms with Gasteiger partial charge in [0.25, 0.3) is 5.91 Å². The second-order valence-electron chi connectivity index (χ2n) is 6.83. The number of aliphatic carboxylic acids is 1. The Labute approximate surface area is 201 Å². The molecule has 3 rings (SSSR count). The summed E-state index contributed by atoms with van der Waals surface area (Å²) in [4.78, 5) is 46.9. The molecule has 3 N–H and O–H groups in total. The number of carbonyl (C=O) groups is 4. The first-order valence-corrected chi connectivity index (χ1v) is 10.7. The van der Waals surface area contributed by atoms with Gasteiger partial charge in [-0.25, -0.2) is 14.5 Å². The van der Waals surface area contributed by atoms with Crippen molar-refractivity contribution in [3.05, 3.63) is 62.4 Å². The van der Waals surface area contributed by atoms with Gasteiger partial charge < -0.3 is 25.0 Å². The standard InChI is InChI=1S/C22H19IN2O8/c1-2-32-17-9-13(8-16-20(28)25(10-18(26)27)22(31)24-16)7-15(23)19(17)33-11-12-4-3-5-14(6-12)21(29)30/h3-9H,2,10-11H2,1H3,(H,24,31)(H,26,27)(H,29,30)/b16-8+. The van der Waals surface area contributed by atoms with E-state index in [0.29, 0.717) is 37.7 Å². The van der Waals surface area contributed by atoms with Gasteiger partial charge in [0.2, 0.25) is 0 Å². The smallest absolute Gasteiger partial charge is 0.335 e. The Morgan fingerprint density at radius 3 is 2.58 bits per heavy atom. The molecular formula is C22H19IN2O8. The number of nitrogens with one attached hydrogen (secondary N) is 1. The summed E-state index contributed by atoms with van der Waals surface area (Å²) >= 11 is 2.04. The number of benzene rings is 2. The van der Waals surface area contributed by atoms with Crippen LogP contribution in [-0.2, 0) is 16.2 Å². The number of hydrogen-bond acceptors (Lipinski definition) is 6. The van der Waals surface area contributed by atoms with Crippen molar-refractivity contribution in [3.8, 4) is 11.5 Å². The molecule has 1 heterocycles. The molecule has 0 bridgehead atoms. The summed E-state index contributed by atoms with van der Waals surface area (Å²) in [6.45, 7) is 1.50. The van der Waals surface area contributed by atoms with Crippen LogP contribution in [0.1, 0.15) is 28.4 Å². The quantitative estimate of drug-likeness (QED) is 0.239. The lowest BCUT2D eigenvalue weighted by Crippen LogP contribution is -2.35. The highest BCUT2D eigenvalue weighted by Gasteiger charge is 2.35. The highest BCUT2D eigenvalue weighted by Crippen LogP contribution is 2.35. The Morgan fingerprint density at radius 1 is 1.15 bits per heavy atom. The molecular weight excluding hydrogens is 547 g/mol. The molecule has 172 valence electrons. The summed E-state index contributed by atoms with van der Waals surface area (Å²) in [5.41, 5.74) is 1.29. The van der Waals surface area contributed by atoms with Crippen molar-refractivity contribution >= 4 is 52.5 Å². The monoisotopic (exact) mass is 566 g/mol. The van der Waals surface area contributed by atoms with E-state index >= 15 is 0 Å². The molecule has 0 radical (unpaired) electrons. The van der Waals surface area contributed by atoms with Crippen LogP contribution in [-0.4, -0.2) is 52.1 Å². The molecule has 0 aromatic heterocycles. The molecule has 1 fully saturated rings. The summed E-state index contributed by atoms with van der Waals surface area (Å²) in [5, 5.41) is 20.4. The fourth-order valence-corrected chi connectivity index (χ4v) is 3.82. The van der Waals surface area contributed by atoms with Gasteiger partial charge in [-0.2, -0.15) is 0 Å². The van der Waals surface area contributed by atoms with Gasteiger partial charge in [0.05, 0.1) is 15.7 Å². The lowest BCUT2D eigenvalue weighted by Gasteiger charge is -2.15. The van der Waals surface area contributed by atoms with E-state index < -0.39 is 30.4 Å². The van der Waals surface area contributed by atoms with Gasteiger partial charge in [-0.1, -0.05) is 12.1 Å². The number of halogens is 1. The van der Waals surface area contributed by atoms with Gasteiger partial charge in [0, 0.05) is 0 Å². The highest BCUT2D eigenvalue weighted by molar-refractivity contribution is 14.1. The average Bonchev–Trinajstić information content (AvgIpc) is 3.00. The van der Waals surface area contributed by atoms with Crippen molar-refractivity contribution in [3.63, 3.8) is 0 Å². The number of amides is 3. The van der Waals surface area contributed by atoms with Gasteiger partial charge in [-0.3, -0.25) is 9.59 Å². The molecule has 10 nitrogen and oxygen atoms in total. The van der Waals surface area contributed by atoms with Crippen LogP contribution >= 0.6 is 22.6 Å². The zero-order valence-electron chi connectivity index (χ0n) is 17.3. The second kappa shape index (κ2) is 10.3. The summed E-state index contributed by atoms with van der Waals surface area (Å²) in [6, 6.07) is 8.91. The minimum Gasteiger partial charge on any atom is -0.490 e. The van der Waals surface area contributed by atoms with Crippen molar-refractivity contribution in [1.29, 1.82) is 0 Å². The molecule has 1 saturated heterocycles. The van der Waals surface area contributed by atoms with Crippen LogP contribution in [0.4, 0.5) is 4.79 Å². The molecule has 0 atom stereocenters. The number of urea groups is 1. The van der Waals surface area contributed by atoms with Crippen LogP contribution in [0.25, 0.3) is 6.08 Å². The summed E-state index contributed by atoms with van der Waals surface area (Å²) in [6.07, 6.45) is 1.42. The number of ether oxygens (including phenoxy) is 2. The summed E-state index contributed by atoms with van der Waals surface area (Å²) < 4.78 is 12.2. The van der Waals surface area contributed by atoms with E-state index in [2.05, 4.69) is 5.32 Å². The average molecular weight is 566 g/mol. The Bertz CT molecular complexity index is 1160. The minimum absolute atomic E-state index is 0.0568. The van der Waals surface area contributed by atoms with E-state index in [1.807, 2.05) is 22.6 Å². The van der Waals surface area contributed by atoms with Crippen LogP contribution in [0.3, 0.4) is 0 Å². The number of carboxylic acid groups (broad SMARTS) is 2. The van der Waals surface area contributed by atoms with Gasteiger partial charge in [-0.05, 0) is 71.0 Å². The molecule has 1 aliphatic heterocycles. The van der Waals surface area contributed by atoms with E-state index in [4.69, 9.17) is 19.7 Å². The SMILES string of the molecule is CCOc1cc(/C=C2/NC(=O)N(CC(=O)O)C2=O)cc(I)c1OCc1cccc(C(=O)O)c1. The molecule has 3 amide bonds. The van der Waals surface area contributed by atoms with Crippen molar-refractivity contribution < 1.29 is 38.9 Å². The molecule has 33 heavy (non-hydrogen) atoms. The number of nitrogens with zero attached hydrogens (tertiary/aromatic N) is 1. The van der Waals surface area contributed by atoms with Crippen LogP contribution in [0.15, 0.2) is 42.1 Å². The minimum atomic E-state index is -1.30. The van der Waals surface area contributed by atoms with Crippen molar-refractivity contribution in [1.82, 2.24) is 10.2 Å². The first kappa shape index (κ1) is 24.0. The maximum Gasteiger partial charge on any atom is 0.335 e. The number of imide groups is 1. The largest absolute Gasteiger partial charge is 0.490 e. The zero-order valence-corrected chi connectivity index (χ0v) is 19.5. The van der Waals surface area contributed by atoms with E-state index in [-0.39, 0.29) is 17.9 Å². The summed E-state index contributed by atoms with van der Waals surface area (Å²) in [5.74, 6) is -2.24. The predicted molar refractivity (Wildman–Crippen MR) is 124 cm³/mol. The number of carboxylic acids is 2. The molecule has 0 aliphatic carbocycles. The van der Waals surface area contributed by atoms with Crippen molar-refractivity contribution in [2.24, 2.45) is 0 Å². The van der Waals surface area contributed by atoms with E-state index in [1.54, 1.807) is 31.2 Å². The lowest BCUT2D eigenvalue weighted by molar-refractivity contribution is -0.140. The number of rotatable bonds is 9. The van der Waals surface area contributed by atoms with Crippen molar-refractivity contribution in [2.75, 3.05) is 13.2 Å². The van der Waals surface area contributed by atoms with E-state index in [1.165, 1.54) is 18.2 Å². The third-order valence-electron chi connectivity index (χ3n) is 4.46. The fraction of sp³-hybridized carbons (Fsp3) is 0.182. The molecule has 2 aromatic carbocycles. The highest BCUT2D eigenvalue weighted by atomic mass is 127. The topological polar surface area (TPSA) is 142 Å². The Balaban J connectivity index is 1.85. The van der Waals surface area contributed by atoms with Gasteiger partial charge in [0.1, 0.15) is 18.8 Å². The fourth-order valence-electron chi connectivity index (χ4n) is 3.04. The Hall–Kier alpha value is -3.61. The van der Waals surface area contributed by atoms with Gasteiger partial charge in [-0.15, -0.1) is 0 Å². The molecule has 1 aliphatic rings. The number of hydrogen-bond donors (Lipinski definition) is 3. The molecule has 11 heteroatoms. The second-order valence-corrected chi connectivity index (χ2v) is 7.99. The third-order valence-corrected chi connectivity index (χ3v) is 5.26. The molecule has 0 spiro atoms. The van der Waals surface area contributed by atoms with Crippen LogP contribution in [0, 0.1) is 3.57 Å². The molecule has 0 saturated carbocycles. The predicted octanol–water partition coefficient (Wildman–Crippen LogP) is 2.94. The molecule has 2 aromatic rings. The Kier molecular flexibility index (Phi) is 7.53. The van der Waals surface area contributed by atoms with Crippen LogP contribution < -0.4 is 14.8 Å². The summed E-state index contributed by atoms with van der Waals surface area (Å²) in [7, 11) is 0. The van der Waals surface area contributed by atoms with Crippen LogP contribution in [0.2, 0.25) is 0 Å². The van der Waals surface area contributed by atoms with Gasteiger partial charge in [0.15, 0.2) is 11.5 Å². The van der Waals surface area contributed by atoms with Gasteiger partial charge >= 0.3 is 18.0 Å². The molecule has 0 unspecified atom stereocenters.